The van der Waals surface area contributed by atoms with Crippen molar-refractivity contribution in [1.29, 1.82) is 0 Å². The predicted octanol–water partition coefficient (Wildman–Crippen LogP) is 4.51. The van der Waals surface area contributed by atoms with E-state index >= 15 is 0 Å². The van der Waals surface area contributed by atoms with Gasteiger partial charge in [0, 0.05) is 17.8 Å². The van der Waals surface area contributed by atoms with Crippen LogP contribution >= 0.6 is 0 Å². The largest absolute Gasteiger partial charge is 0.460 e. The summed E-state index contributed by atoms with van der Waals surface area (Å²) in [6.45, 7) is 11.3. The predicted molar refractivity (Wildman–Crippen MR) is 88.7 cm³/mol. The quantitative estimate of drug-likeness (QED) is 0.752. The Bertz CT molecular complexity index is 504. The lowest BCUT2D eigenvalue weighted by Gasteiger charge is -2.24. The highest BCUT2D eigenvalue weighted by Crippen LogP contribution is 2.29. The molecule has 122 valence electrons. The topological polar surface area (TPSA) is 43.4 Å². The first-order chi connectivity index (χ1) is 9.99. The van der Waals surface area contributed by atoms with Crippen molar-refractivity contribution in [2.45, 2.75) is 65.9 Å². The number of hydrogen-bond acceptors (Lipinski definition) is 3. The van der Waals surface area contributed by atoms with Gasteiger partial charge in [-0.25, -0.2) is 0 Å². The molecule has 0 radical (unpaired) electrons. The summed E-state index contributed by atoms with van der Waals surface area (Å²) in [5, 5.41) is 0. The van der Waals surface area contributed by atoms with Gasteiger partial charge in [-0.15, -0.1) is 0 Å². The van der Waals surface area contributed by atoms with Crippen molar-refractivity contribution < 1.29 is 14.3 Å². The SMILES string of the molecule is CC(C)(C)OC(=O)C[C@@H](CC(=O)C(C)(C)C)c1ccccc1. The third-order valence-corrected chi connectivity index (χ3v) is 3.37. The Morgan fingerprint density at radius 2 is 1.50 bits per heavy atom. The number of hydrogen-bond donors (Lipinski definition) is 0. The van der Waals surface area contributed by atoms with Gasteiger partial charge in [0.25, 0.3) is 0 Å². The van der Waals surface area contributed by atoms with E-state index in [1.807, 2.05) is 71.9 Å². The lowest BCUT2D eigenvalue weighted by atomic mass is 9.82. The van der Waals surface area contributed by atoms with Crippen LogP contribution < -0.4 is 0 Å². The highest BCUT2D eigenvalue weighted by molar-refractivity contribution is 5.85. The molecule has 0 bridgehead atoms. The second kappa shape index (κ2) is 7.08. The van der Waals surface area contributed by atoms with Gasteiger partial charge in [-0.2, -0.15) is 0 Å². The maximum atomic E-state index is 12.4. The molecule has 0 saturated heterocycles. The minimum atomic E-state index is -0.508. The molecular weight excluding hydrogens is 276 g/mol. The number of rotatable bonds is 5. The average Bonchev–Trinajstić information content (AvgIpc) is 2.35. The molecule has 1 atom stereocenters. The minimum absolute atomic E-state index is 0.136. The molecule has 0 heterocycles. The summed E-state index contributed by atoms with van der Waals surface area (Å²) >= 11 is 0. The van der Waals surface area contributed by atoms with Crippen molar-refractivity contribution in [1.82, 2.24) is 0 Å². The average molecular weight is 304 g/mol. The summed E-state index contributed by atoms with van der Waals surface area (Å²) in [6, 6.07) is 9.72. The van der Waals surface area contributed by atoms with E-state index in [2.05, 4.69) is 0 Å². The Kier molecular flexibility index (Phi) is 5.92. The van der Waals surface area contributed by atoms with Crippen LogP contribution in [0, 0.1) is 5.41 Å². The molecule has 1 aromatic rings. The number of Topliss-reactive ketones (excluding diaryl/α,β-unsaturated/α-hetero) is 1. The van der Waals surface area contributed by atoms with E-state index < -0.39 is 11.0 Å². The van der Waals surface area contributed by atoms with Crippen molar-refractivity contribution in [3.63, 3.8) is 0 Å². The van der Waals surface area contributed by atoms with E-state index in [0.29, 0.717) is 6.42 Å². The second-order valence-corrected chi connectivity index (χ2v) is 7.78. The Morgan fingerprint density at radius 1 is 0.955 bits per heavy atom. The number of carbonyl (C=O) groups is 2. The zero-order valence-electron chi connectivity index (χ0n) is 14.6. The molecule has 0 aliphatic heterocycles. The standard InChI is InChI=1S/C19H28O3/c1-18(2,3)16(20)12-15(14-10-8-7-9-11-14)13-17(21)22-19(4,5)6/h7-11,15H,12-13H2,1-6H3/t15-/m1/s1. The molecule has 0 aromatic heterocycles. The van der Waals surface area contributed by atoms with E-state index in [1.165, 1.54) is 0 Å². The molecule has 0 spiro atoms. The normalized spacial score (nSPS) is 13.5. The lowest BCUT2D eigenvalue weighted by molar-refractivity contribution is -0.155. The fraction of sp³-hybridized carbons (Fsp3) is 0.579. The number of ether oxygens (including phenoxy) is 1. The number of carbonyl (C=O) groups excluding carboxylic acids is 2. The van der Waals surface area contributed by atoms with Gasteiger partial charge in [0.15, 0.2) is 0 Å². The van der Waals surface area contributed by atoms with Gasteiger partial charge >= 0.3 is 5.97 Å². The zero-order chi connectivity index (χ0) is 17.0. The molecule has 0 saturated carbocycles. The summed E-state index contributed by atoms with van der Waals surface area (Å²) in [7, 11) is 0. The van der Waals surface area contributed by atoms with Gasteiger partial charge in [0.1, 0.15) is 11.4 Å². The zero-order valence-corrected chi connectivity index (χ0v) is 14.6. The third kappa shape index (κ3) is 6.42. The lowest BCUT2D eigenvalue weighted by Crippen LogP contribution is -2.27. The number of esters is 1. The van der Waals surface area contributed by atoms with Crippen molar-refractivity contribution in [2.75, 3.05) is 0 Å². The summed E-state index contributed by atoms with van der Waals surface area (Å²) in [5.41, 5.74) is 0.0961. The van der Waals surface area contributed by atoms with Gasteiger partial charge < -0.3 is 4.74 Å². The van der Waals surface area contributed by atoms with Crippen LogP contribution in [-0.2, 0) is 14.3 Å². The highest BCUT2D eigenvalue weighted by atomic mass is 16.6. The molecule has 22 heavy (non-hydrogen) atoms. The van der Waals surface area contributed by atoms with E-state index in [1.54, 1.807) is 0 Å². The molecule has 0 N–H and O–H groups in total. The Hall–Kier alpha value is -1.64. The van der Waals surface area contributed by atoms with E-state index in [4.69, 9.17) is 4.74 Å². The molecule has 0 fully saturated rings. The van der Waals surface area contributed by atoms with Crippen LogP contribution in [0.25, 0.3) is 0 Å². The maximum Gasteiger partial charge on any atom is 0.306 e. The van der Waals surface area contributed by atoms with Gasteiger partial charge in [-0.3, -0.25) is 9.59 Å². The first kappa shape index (κ1) is 18.4. The van der Waals surface area contributed by atoms with E-state index in [-0.39, 0.29) is 24.1 Å². The number of ketones is 1. The van der Waals surface area contributed by atoms with Crippen LogP contribution in [0.15, 0.2) is 30.3 Å². The molecule has 3 nitrogen and oxygen atoms in total. The van der Waals surface area contributed by atoms with Gasteiger partial charge in [0.05, 0.1) is 6.42 Å². The molecule has 0 amide bonds. The number of benzene rings is 1. The van der Waals surface area contributed by atoms with Crippen LogP contribution in [-0.4, -0.2) is 17.4 Å². The summed E-state index contributed by atoms with van der Waals surface area (Å²) in [6.07, 6.45) is 0.579. The molecule has 0 aliphatic carbocycles. The van der Waals surface area contributed by atoms with Gasteiger partial charge in [0.2, 0.25) is 0 Å². The molecule has 3 heteroatoms. The summed E-state index contributed by atoms with van der Waals surface area (Å²) < 4.78 is 5.41. The van der Waals surface area contributed by atoms with Gasteiger partial charge in [-0.05, 0) is 26.3 Å². The van der Waals surface area contributed by atoms with Crippen molar-refractivity contribution in [3.05, 3.63) is 35.9 Å². The first-order valence-electron chi connectivity index (χ1n) is 7.79. The van der Waals surface area contributed by atoms with Crippen molar-refractivity contribution >= 4 is 11.8 Å². The Labute approximate surface area is 134 Å². The Morgan fingerprint density at radius 3 is 1.95 bits per heavy atom. The second-order valence-electron chi connectivity index (χ2n) is 7.78. The molecule has 0 unspecified atom stereocenters. The Balaban J connectivity index is 2.89. The monoisotopic (exact) mass is 304 g/mol. The van der Waals surface area contributed by atoms with E-state index in [0.717, 1.165) is 5.56 Å². The first-order valence-corrected chi connectivity index (χ1v) is 7.79. The van der Waals surface area contributed by atoms with Crippen LogP contribution in [0.2, 0.25) is 0 Å². The maximum absolute atomic E-state index is 12.4. The fourth-order valence-electron chi connectivity index (χ4n) is 2.15. The smallest absolute Gasteiger partial charge is 0.306 e. The van der Waals surface area contributed by atoms with Crippen molar-refractivity contribution in [2.24, 2.45) is 5.41 Å². The summed E-state index contributed by atoms with van der Waals surface area (Å²) in [5.74, 6) is -0.240. The van der Waals surface area contributed by atoms with Crippen LogP contribution in [0.3, 0.4) is 0 Å². The minimum Gasteiger partial charge on any atom is -0.460 e. The molecular formula is C19H28O3. The summed E-state index contributed by atoms with van der Waals surface area (Å²) in [4.78, 5) is 24.5. The van der Waals surface area contributed by atoms with Crippen LogP contribution in [0.4, 0.5) is 0 Å². The third-order valence-electron chi connectivity index (χ3n) is 3.37. The molecule has 1 aromatic carbocycles. The fourth-order valence-corrected chi connectivity index (χ4v) is 2.15. The molecule has 1 rings (SSSR count). The highest BCUT2D eigenvalue weighted by Gasteiger charge is 2.28. The van der Waals surface area contributed by atoms with Gasteiger partial charge in [-0.1, -0.05) is 51.1 Å². The van der Waals surface area contributed by atoms with Crippen molar-refractivity contribution in [3.8, 4) is 0 Å². The van der Waals surface area contributed by atoms with E-state index in [9.17, 15) is 9.59 Å². The van der Waals surface area contributed by atoms with Crippen LogP contribution in [0.5, 0.6) is 0 Å². The van der Waals surface area contributed by atoms with Crippen LogP contribution in [0.1, 0.15) is 65.9 Å². The molecule has 0 aliphatic rings.